The number of nitrogens with zero attached hydrogens (tertiary/aromatic N) is 1. The molecule has 0 amide bonds. The number of pyridine rings is 1. The van der Waals surface area contributed by atoms with Gasteiger partial charge in [0.25, 0.3) is 0 Å². The van der Waals surface area contributed by atoms with Crippen LogP contribution < -0.4 is 0 Å². The number of aryl methyl sites for hydroxylation is 1. The third-order valence-corrected chi connectivity index (χ3v) is 2.02. The Morgan fingerprint density at radius 3 is 2.93 bits per heavy atom. The Kier molecular flexibility index (Phi) is 4.69. The van der Waals surface area contributed by atoms with E-state index in [9.17, 15) is 4.79 Å². The molecule has 1 aromatic heterocycles. The summed E-state index contributed by atoms with van der Waals surface area (Å²) in [6.07, 6.45) is 5.06. The van der Waals surface area contributed by atoms with E-state index in [1.54, 1.807) is 6.20 Å². The molecule has 0 aliphatic carbocycles. The molecular formula is C11H15NO2. The number of esters is 1. The van der Waals surface area contributed by atoms with E-state index in [4.69, 9.17) is 0 Å². The standard InChI is InChI=1S/C11H15NO2/c1-14-11(13)8-3-2-6-10-7-4-5-9-12-10/h4-5,7,9H,2-3,6,8H2,1H3. The minimum atomic E-state index is -0.133. The fourth-order valence-corrected chi connectivity index (χ4v) is 1.22. The molecule has 0 saturated heterocycles. The first kappa shape index (κ1) is 10.7. The van der Waals surface area contributed by atoms with Crippen LogP contribution in [0.3, 0.4) is 0 Å². The highest BCUT2D eigenvalue weighted by Gasteiger charge is 1.99. The maximum absolute atomic E-state index is 10.8. The SMILES string of the molecule is COC(=O)CCCCc1ccccn1. The number of hydrogen-bond acceptors (Lipinski definition) is 3. The molecule has 1 heterocycles. The van der Waals surface area contributed by atoms with E-state index in [1.165, 1.54) is 7.11 Å². The lowest BCUT2D eigenvalue weighted by atomic mass is 10.1. The van der Waals surface area contributed by atoms with Crippen molar-refractivity contribution in [3.8, 4) is 0 Å². The molecule has 0 atom stereocenters. The number of hydrogen-bond donors (Lipinski definition) is 0. The topological polar surface area (TPSA) is 39.2 Å². The first-order valence-corrected chi connectivity index (χ1v) is 4.79. The molecule has 0 N–H and O–H groups in total. The lowest BCUT2D eigenvalue weighted by Gasteiger charge is -1.99. The van der Waals surface area contributed by atoms with Crippen LogP contribution in [-0.4, -0.2) is 18.1 Å². The maximum Gasteiger partial charge on any atom is 0.305 e. The summed E-state index contributed by atoms with van der Waals surface area (Å²) in [5, 5.41) is 0. The Bertz CT molecular complexity index is 272. The number of carbonyl (C=O) groups excluding carboxylic acids is 1. The largest absolute Gasteiger partial charge is 0.469 e. The molecule has 0 aliphatic heterocycles. The minimum Gasteiger partial charge on any atom is -0.469 e. The van der Waals surface area contributed by atoms with Crippen molar-refractivity contribution in [3.63, 3.8) is 0 Å². The van der Waals surface area contributed by atoms with Crippen molar-refractivity contribution in [2.45, 2.75) is 25.7 Å². The van der Waals surface area contributed by atoms with Crippen LogP contribution in [0.2, 0.25) is 0 Å². The zero-order valence-corrected chi connectivity index (χ0v) is 8.40. The molecule has 0 spiro atoms. The second kappa shape index (κ2) is 6.13. The van der Waals surface area contributed by atoms with Crippen molar-refractivity contribution < 1.29 is 9.53 Å². The molecule has 0 saturated carbocycles. The average Bonchev–Trinajstić information content (AvgIpc) is 2.25. The predicted octanol–water partition coefficient (Wildman–Crippen LogP) is 1.97. The molecule has 0 radical (unpaired) electrons. The van der Waals surface area contributed by atoms with Crippen LogP contribution >= 0.6 is 0 Å². The summed E-state index contributed by atoms with van der Waals surface area (Å²) in [5.74, 6) is -0.133. The number of carbonyl (C=O) groups is 1. The third-order valence-electron chi connectivity index (χ3n) is 2.02. The van der Waals surface area contributed by atoms with Crippen LogP contribution in [-0.2, 0) is 16.0 Å². The molecule has 3 nitrogen and oxygen atoms in total. The van der Waals surface area contributed by atoms with Crippen molar-refractivity contribution in [2.24, 2.45) is 0 Å². The highest BCUT2D eigenvalue weighted by Crippen LogP contribution is 2.03. The second-order valence-electron chi connectivity index (χ2n) is 3.10. The summed E-state index contributed by atoms with van der Waals surface area (Å²) in [6, 6.07) is 5.87. The van der Waals surface area contributed by atoms with Gasteiger partial charge in [-0.1, -0.05) is 6.07 Å². The maximum atomic E-state index is 10.8. The Morgan fingerprint density at radius 1 is 1.43 bits per heavy atom. The molecular weight excluding hydrogens is 178 g/mol. The molecule has 1 rings (SSSR count). The van der Waals surface area contributed by atoms with Crippen LogP contribution in [0.4, 0.5) is 0 Å². The van der Waals surface area contributed by atoms with E-state index >= 15 is 0 Å². The highest BCUT2D eigenvalue weighted by atomic mass is 16.5. The van der Waals surface area contributed by atoms with Gasteiger partial charge in [0.05, 0.1) is 7.11 Å². The van der Waals surface area contributed by atoms with Crippen LogP contribution in [0.25, 0.3) is 0 Å². The molecule has 0 aliphatic rings. The van der Waals surface area contributed by atoms with Crippen molar-refractivity contribution in [1.29, 1.82) is 0 Å². The van der Waals surface area contributed by atoms with Gasteiger partial charge >= 0.3 is 5.97 Å². The summed E-state index contributed by atoms with van der Waals surface area (Å²) in [6.45, 7) is 0. The zero-order chi connectivity index (χ0) is 10.2. The van der Waals surface area contributed by atoms with Gasteiger partial charge in [-0.2, -0.15) is 0 Å². The molecule has 0 bridgehead atoms. The van der Waals surface area contributed by atoms with Gasteiger partial charge in [-0.15, -0.1) is 0 Å². The summed E-state index contributed by atoms with van der Waals surface area (Å²) >= 11 is 0. The molecule has 0 fully saturated rings. The molecule has 0 aromatic carbocycles. The van der Waals surface area contributed by atoms with Gasteiger partial charge in [0.2, 0.25) is 0 Å². The zero-order valence-electron chi connectivity index (χ0n) is 8.40. The smallest absolute Gasteiger partial charge is 0.305 e. The molecule has 1 aromatic rings. The van der Waals surface area contributed by atoms with Crippen LogP contribution in [0.15, 0.2) is 24.4 Å². The van der Waals surface area contributed by atoms with Gasteiger partial charge in [0, 0.05) is 18.3 Å². The Balaban J connectivity index is 2.13. The fourth-order valence-electron chi connectivity index (χ4n) is 1.22. The molecule has 3 heteroatoms. The van der Waals surface area contributed by atoms with Gasteiger partial charge in [0.1, 0.15) is 0 Å². The first-order chi connectivity index (χ1) is 6.83. The van der Waals surface area contributed by atoms with E-state index in [2.05, 4.69) is 9.72 Å². The summed E-state index contributed by atoms with van der Waals surface area (Å²) in [4.78, 5) is 15.0. The first-order valence-electron chi connectivity index (χ1n) is 4.79. The molecule has 76 valence electrons. The number of rotatable bonds is 5. The molecule has 14 heavy (non-hydrogen) atoms. The van der Waals surface area contributed by atoms with Gasteiger partial charge in [0.15, 0.2) is 0 Å². The Morgan fingerprint density at radius 2 is 2.29 bits per heavy atom. The van der Waals surface area contributed by atoms with Gasteiger partial charge < -0.3 is 4.74 Å². The number of methoxy groups -OCH3 is 1. The average molecular weight is 193 g/mol. The van der Waals surface area contributed by atoms with E-state index in [-0.39, 0.29) is 5.97 Å². The lowest BCUT2D eigenvalue weighted by Crippen LogP contribution is -2.00. The van der Waals surface area contributed by atoms with Crippen LogP contribution in [0.5, 0.6) is 0 Å². The number of ether oxygens (including phenoxy) is 1. The van der Waals surface area contributed by atoms with Gasteiger partial charge in [-0.3, -0.25) is 9.78 Å². The van der Waals surface area contributed by atoms with Gasteiger partial charge in [-0.25, -0.2) is 0 Å². The van der Waals surface area contributed by atoms with Crippen molar-refractivity contribution in [2.75, 3.05) is 7.11 Å². The second-order valence-corrected chi connectivity index (χ2v) is 3.10. The minimum absolute atomic E-state index is 0.133. The van der Waals surface area contributed by atoms with Crippen molar-refractivity contribution in [1.82, 2.24) is 4.98 Å². The van der Waals surface area contributed by atoms with Crippen molar-refractivity contribution >= 4 is 5.97 Å². The Labute approximate surface area is 84.1 Å². The van der Waals surface area contributed by atoms with E-state index in [0.29, 0.717) is 6.42 Å². The van der Waals surface area contributed by atoms with E-state index in [1.807, 2.05) is 18.2 Å². The summed E-state index contributed by atoms with van der Waals surface area (Å²) in [7, 11) is 1.42. The fraction of sp³-hybridized carbons (Fsp3) is 0.455. The monoisotopic (exact) mass is 193 g/mol. The summed E-state index contributed by atoms with van der Waals surface area (Å²) < 4.78 is 4.55. The molecule has 0 unspecified atom stereocenters. The summed E-state index contributed by atoms with van der Waals surface area (Å²) in [5.41, 5.74) is 1.08. The quantitative estimate of drug-likeness (QED) is 0.530. The van der Waals surface area contributed by atoms with Crippen molar-refractivity contribution in [3.05, 3.63) is 30.1 Å². The predicted molar refractivity (Wildman–Crippen MR) is 53.8 cm³/mol. The highest BCUT2D eigenvalue weighted by molar-refractivity contribution is 5.68. The normalized spacial score (nSPS) is 9.79. The lowest BCUT2D eigenvalue weighted by molar-refractivity contribution is -0.140. The van der Waals surface area contributed by atoms with Gasteiger partial charge in [-0.05, 0) is 31.4 Å². The van der Waals surface area contributed by atoms with Crippen LogP contribution in [0, 0.1) is 0 Å². The van der Waals surface area contributed by atoms with E-state index < -0.39 is 0 Å². The number of unbranched alkanes of at least 4 members (excludes halogenated alkanes) is 1. The number of aromatic nitrogens is 1. The Hall–Kier alpha value is -1.38. The van der Waals surface area contributed by atoms with Crippen LogP contribution in [0.1, 0.15) is 25.0 Å². The third kappa shape index (κ3) is 4.03. The van der Waals surface area contributed by atoms with E-state index in [0.717, 1.165) is 25.0 Å².